The molecule has 6 heteroatoms. The summed E-state index contributed by atoms with van der Waals surface area (Å²) in [6.45, 7) is 9.81. The first-order chi connectivity index (χ1) is 12.0. The molecular weight excluding hydrogens is 334 g/mol. The van der Waals surface area contributed by atoms with Crippen LogP contribution in [0.25, 0.3) is 0 Å². The topological polar surface area (TPSA) is 47.0 Å². The number of hydrogen-bond acceptors (Lipinski definition) is 5. The van der Waals surface area contributed by atoms with Crippen molar-refractivity contribution in [1.29, 1.82) is 0 Å². The molecule has 0 aliphatic carbocycles. The van der Waals surface area contributed by atoms with E-state index in [1.54, 1.807) is 0 Å². The van der Waals surface area contributed by atoms with Crippen molar-refractivity contribution in [3.8, 4) is 0 Å². The van der Waals surface area contributed by atoms with Crippen LogP contribution >= 0.6 is 11.3 Å². The normalized spacial score (nSPS) is 26.8. The van der Waals surface area contributed by atoms with Crippen molar-refractivity contribution < 1.29 is 9.90 Å². The maximum absolute atomic E-state index is 11.1. The van der Waals surface area contributed by atoms with E-state index in [2.05, 4.69) is 40.8 Å². The van der Waals surface area contributed by atoms with E-state index in [1.807, 2.05) is 11.3 Å². The largest absolute Gasteiger partial charge is 0.481 e. The van der Waals surface area contributed by atoms with Crippen molar-refractivity contribution in [2.24, 2.45) is 5.92 Å². The van der Waals surface area contributed by atoms with Gasteiger partial charge in [-0.15, -0.1) is 11.3 Å². The van der Waals surface area contributed by atoms with Crippen LogP contribution in [0.3, 0.4) is 0 Å². The average molecular weight is 366 g/mol. The molecule has 3 heterocycles. The molecule has 0 spiro atoms. The highest BCUT2D eigenvalue weighted by molar-refractivity contribution is 7.11. The number of nitrogens with zero attached hydrogens (tertiary/aromatic N) is 3. The van der Waals surface area contributed by atoms with E-state index in [4.69, 9.17) is 5.11 Å². The Kier molecular flexibility index (Phi) is 6.49. The van der Waals surface area contributed by atoms with Gasteiger partial charge in [0, 0.05) is 68.0 Å². The Morgan fingerprint density at radius 1 is 1.24 bits per heavy atom. The third kappa shape index (κ3) is 5.26. The first-order valence-electron chi connectivity index (χ1n) is 9.43. The second kappa shape index (κ2) is 8.62. The van der Waals surface area contributed by atoms with E-state index in [0.717, 1.165) is 52.2 Å². The predicted molar refractivity (Wildman–Crippen MR) is 102 cm³/mol. The van der Waals surface area contributed by atoms with Crippen LogP contribution in [0.15, 0.2) is 12.1 Å². The highest BCUT2D eigenvalue weighted by Gasteiger charge is 2.34. The molecule has 1 aromatic heterocycles. The number of carbonyl (C=O) groups is 1. The number of thiophene rings is 1. The number of carboxylic acid groups (broad SMARTS) is 1. The Hall–Kier alpha value is -0.950. The van der Waals surface area contributed by atoms with Crippen molar-refractivity contribution in [2.45, 2.75) is 38.8 Å². The Morgan fingerprint density at radius 2 is 2.00 bits per heavy atom. The van der Waals surface area contributed by atoms with Gasteiger partial charge in [-0.1, -0.05) is 0 Å². The highest BCUT2D eigenvalue weighted by atomic mass is 32.1. The molecule has 0 saturated carbocycles. The molecule has 0 bridgehead atoms. The summed E-state index contributed by atoms with van der Waals surface area (Å²) in [5.41, 5.74) is 0. The van der Waals surface area contributed by atoms with E-state index in [0.29, 0.717) is 18.4 Å². The fourth-order valence-corrected chi connectivity index (χ4v) is 5.19. The molecule has 0 amide bonds. The molecule has 2 atom stereocenters. The summed E-state index contributed by atoms with van der Waals surface area (Å²) in [6.07, 6.45) is 2.26. The number of rotatable bonds is 6. The minimum Gasteiger partial charge on any atom is -0.481 e. The van der Waals surface area contributed by atoms with Crippen LogP contribution in [0.5, 0.6) is 0 Å². The maximum Gasteiger partial charge on any atom is 0.303 e. The van der Waals surface area contributed by atoms with Crippen LogP contribution in [-0.4, -0.2) is 78.1 Å². The van der Waals surface area contributed by atoms with Crippen LogP contribution < -0.4 is 0 Å². The molecule has 0 aromatic carbocycles. The van der Waals surface area contributed by atoms with Crippen molar-refractivity contribution in [3.63, 3.8) is 0 Å². The smallest absolute Gasteiger partial charge is 0.303 e. The SMILES string of the molecule is Cc1ccc(CN2CC[C@@H](N3CCN(C)CC3)[C@@H](CCC(=O)O)C2)s1. The lowest BCUT2D eigenvalue weighted by Gasteiger charge is -2.46. The van der Waals surface area contributed by atoms with Gasteiger partial charge >= 0.3 is 5.97 Å². The van der Waals surface area contributed by atoms with Crippen LogP contribution in [0, 0.1) is 12.8 Å². The fraction of sp³-hybridized carbons (Fsp3) is 0.737. The summed E-state index contributed by atoms with van der Waals surface area (Å²) >= 11 is 1.88. The average Bonchev–Trinajstić information content (AvgIpc) is 2.99. The van der Waals surface area contributed by atoms with Crippen molar-refractivity contribution in [2.75, 3.05) is 46.3 Å². The molecule has 2 saturated heterocycles. The lowest BCUT2D eigenvalue weighted by atomic mass is 9.86. The number of hydrogen-bond donors (Lipinski definition) is 1. The van der Waals surface area contributed by atoms with Crippen molar-refractivity contribution in [1.82, 2.24) is 14.7 Å². The molecule has 25 heavy (non-hydrogen) atoms. The summed E-state index contributed by atoms with van der Waals surface area (Å²) < 4.78 is 0. The first-order valence-corrected chi connectivity index (χ1v) is 10.2. The van der Waals surface area contributed by atoms with Gasteiger partial charge in [-0.25, -0.2) is 0 Å². The van der Waals surface area contributed by atoms with Crippen molar-refractivity contribution >= 4 is 17.3 Å². The molecule has 1 aromatic rings. The van der Waals surface area contributed by atoms with Gasteiger partial charge in [-0.05, 0) is 44.9 Å². The van der Waals surface area contributed by atoms with E-state index in [-0.39, 0.29) is 0 Å². The monoisotopic (exact) mass is 365 g/mol. The van der Waals surface area contributed by atoms with Gasteiger partial charge in [-0.2, -0.15) is 0 Å². The number of aryl methyl sites for hydroxylation is 1. The zero-order valence-corrected chi connectivity index (χ0v) is 16.3. The highest BCUT2D eigenvalue weighted by Crippen LogP contribution is 2.29. The lowest BCUT2D eigenvalue weighted by Crippen LogP contribution is -2.56. The number of likely N-dealkylation sites (N-methyl/N-ethyl adjacent to an activating group) is 1. The number of piperazine rings is 1. The first kappa shape index (κ1) is 18.8. The van der Waals surface area contributed by atoms with E-state index in [1.165, 1.54) is 16.2 Å². The summed E-state index contributed by atoms with van der Waals surface area (Å²) in [7, 11) is 2.19. The molecule has 2 aliphatic heterocycles. The second-order valence-electron chi connectivity index (χ2n) is 7.64. The predicted octanol–water partition coefficient (Wildman–Crippen LogP) is 2.36. The zero-order chi connectivity index (χ0) is 17.8. The minimum atomic E-state index is -0.664. The summed E-state index contributed by atoms with van der Waals surface area (Å²) in [4.78, 5) is 21.4. The molecule has 2 aliphatic rings. The summed E-state index contributed by atoms with van der Waals surface area (Å²) in [6, 6.07) is 4.98. The Labute approximate surface area is 155 Å². The fourth-order valence-electron chi connectivity index (χ4n) is 4.26. The van der Waals surface area contributed by atoms with Crippen LogP contribution in [0.4, 0.5) is 0 Å². The molecule has 1 N–H and O–H groups in total. The summed E-state index contributed by atoms with van der Waals surface area (Å²) in [5, 5.41) is 9.15. The Balaban J connectivity index is 1.61. The molecule has 0 radical (unpaired) electrons. The van der Waals surface area contributed by atoms with E-state index >= 15 is 0 Å². The maximum atomic E-state index is 11.1. The van der Waals surface area contributed by atoms with Crippen molar-refractivity contribution in [3.05, 3.63) is 21.9 Å². The van der Waals surface area contributed by atoms with Gasteiger partial charge in [0.05, 0.1) is 0 Å². The second-order valence-corrected chi connectivity index (χ2v) is 9.01. The number of likely N-dealkylation sites (tertiary alicyclic amines) is 1. The Morgan fingerprint density at radius 3 is 2.64 bits per heavy atom. The quantitative estimate of drug-likeness (QED) is 0.839. The molecule has 5 nitrogen and oxygen atoms in total. The third-order valence-corrected chi connectivity index (χ3v) is 6.67. The van der Waals surface area contributed by atoms with E-state index in [9.17, 15) is 4.79 Å². The molecule has 140 valence electrons. The summed E-state index contributed by atoms with van der Waals surface area (Å²) in [5.74, 6) is -0.197. The lowest BCUT2D eigenvalue weighted by molar-refractivity contribution is -0.137. The number of piperidine rings is 1. The van der Waals surface area contributed by atoms with Crippen LogP contribution in [0.2, 0.25) is 0 Å². The standard InChI is InChI=1S/C19H31N3O2S/c1-15-3-5-17(25-15)14-21-8-7-18(16(13-21)4-6-19(23)24)22-11-9-20(2)10-12-22/h3,5,16,18H,4,6-14H2,1-2H3,(H,23,24)/t16-,18+/m0/s1. The number of aliphatic carboxylic acids is 1. The zero-order valence-electron chi connectivity index (χ0n) is 15.5. The van der Waals surface area contributed by atoms with Gasteiger partial charge in [0.1, 0.15) is 0 Å². The molecule has 2 fully saturated rings. The minimum absolute atomic E-state index is 0.293. The van der Waals surface area contributed by atoms with Crippen LogP contribution in [0.1, 0.15) is 29.0 Å². The van der Waals surface area contributed by atoms with Gasteiger partial charge < -0.3 is 10.0 Å². The van der Waals surface area contributed by atoms with Crippen LogP contribution in [-0.2, 0) is 11.3 Å². The molecule has 3 rings (SSSR count). The molecular formula is C19H31N3O2S. The Bertz CT molecular complexity index is 569. The van der Waals surface area contributed by atoms with Gasteiger partial charge in [0.2, 0.25) is 0 Å². The molecule has 0 unspecified atom stereocenters. The van der Waals surface area contributed by atoms with E-state index < -0.39 is 5.97 Å². The third-order valence-electron chi connectivity index (χ3n) is 5.69. The van der Waals surface area contributed by atoms with Gasteiger partial charge in [0.25, 0.3) is 0 Å². The number of carboxylic acids is 1. The van der Waals surface area contributed by atoms with Gasteiger partial charge in [-0.3, -0.25) is 14.6 Å². The van der Waals surface area contributed by atoms with Gasteiger partial charge in [0.15, 0.2) is 0 Å².